The summed E-state index contributed by atoms with van der Waals surface area (Å²) in [6, 6.07) is 18.0. The lowest BCUT2D eigenvalue weighted by molar-refractivity contribution is -0.384. The third kappa shape index (κ3) is 4.98. The summed E-state index contributed by atoms with van der Waals surface area (Å²) in [7, 11) is 0. The number of non-ortho nitro benzene ring substituents is 1. The second-order valence-corrected chi connectivity index (χ2v) is 7.86. The monoisotopic (exact) mass is 461 g/mol. The van der Waals surface area contributed by atoms with Crippen LogP contribution in [-0.4, -0.2) is 36.0 Å². The summed E-state index contributed by atoms with van der Waals surface area (Å²) >= 11 is 0. The standard InChI is InChI=1S/C25H23N3O6/c1-16-4-3-5-21(14-16)33-13-12-27-22-11-8-19(15-23(22)34-17(2)25(27)30)26-24(29)18-6-9-20(10-7-18)28(31)32/h3-11,14-15,17H,12-13H2,1-2H3,(H,26,29). The highest BCUT2D eigenvalue weighted by atomic mass is 16.6. The van der Waals surface area contributed by atoms with Gasteiger partial charge in [0.05, 0.1) is 17.2 Å². The van der Waals surface area contributed by atoms with Crippen LogP contribution in [0.3, 0.4) is 0 Å². The van der Waals surface area contributed by atoms with E-state index >= 15 is 0 Å². The average Bonchev–Trinajstić information content (AvgIpc) is 2.81. The van der Waals surface area contributed by atoms with Gasteiger partial charge in [0.25, 0.3) is 17.5 Å². The lowest BCUT2D eigenvalue weighted by atomic mass is 10.1. The van der Waals surface area contributed by atoms with Crippen molar-refractivity contribution in [3.63, 3.8) is 0 Å². The Morgan fingerprint density at radius 2 is 1.91 bits per heavy atom. The maximum Gasteiger partial charge on any atom is 0.269 e. The number of hydrogen-bond acceptors (Lipinski definition) is 6. The fourth-order valence-corrected chi connectivity index (χ4v) is 3.62. The topological polar surface area (TPSA) is 111 Å². The molecule has 1 N–H and O–H groups in total. The normalized spacial score (nSPS) is 14.7. The first kappa shape index (κ1) is 22.8. The zero-order valence-electron chi connectivity index (χ0n) is 18.7. The number of anilines is 2. The van der Waals surface area contributed by atoms with Crippen molar-refractivity contribution in [2.75, 3.05) is 23.4 Å². The van der Waals surface area contributed by atoms with Crippen molar-refractivity contribution in [3.8, 4) is 11.5 Å². The maximum atomic E-state index is 12.7. The van der Waals surface area contributed by atoms with Gasteiger partial charge >= 0.3 is 0 Å². The molecule has 0 radical (unpaired) electrons. The number of aryl methyl sites for hydroxylation is 1. The average molecular weight is 461 g/mol. The fourth-order valence-electron chi connectivity index (χ4n) is 3.62. The number of nitro groups is 1. The summed E-state index contributed by atoms with van der Waals surface area (Å²) in [4.78, 5) is 37.2. The highest BCUT2D eigenvalue weighted by Crippen LogP contribution is 2.36. The van der Waals surface area contributed by atoms with Gasteiger partial charge in [-0.2, -0.15) is 0 Å². The van der Waals surface area contributed by atoms with Crippen molar-refractivity contribution in [3.05, 3.63) is 88.0 Å². The summed E-state index contributed by atoms with van der Waals surface area (Å²) in [5, 5.41) is 13.5. The first-order valence-corrected chi connectivity index (χ1v) is 10.7. The van der Waals surface area contributed by atoms with Crippen LogP contribution < -0.4 is 19.7 Å². The van der Waals surface area contributed by atoms with E-state index in [0.717, 1.165) is 11.3 Å². The van der Waals surface area contributed by atoms with Gasteiger partial charge in [-0.15, -0.1) is 0 Å². The number of nitro benzene ring substituents is 1. The molecule has 1 aliphatic heterocycles. The molecule has 1 aliphatic rings. The van der Waals surface area contributed by atoms with E-state index in [4.69, 9.17) is 9.47 Å². The van der Waals surface area contributed by atoms with Crippen LogP contribution in [0.15, 0.2) is 66.7 Å². The zero-order chi connectivity index (χ0) is 24.2. The Kier molecular flexibility index (Phi) is 6.44. The van der Waals surface area contributed by atoms with Crippen molar-refractivity contribution in [1.82, 2.24) is 0 Å². The molecule has 174 valence electrons. The molecule has 0 spiro atoms. The zero-order valence-corrected chi connectivity index (χ0v) is 18.7. The molecule has 1 atom stereocenters. The summed E-state index contributed by atoms with van der Waals surface area (Å²) in [5.74, 6) is 0.601. The van der Waals surface area contributed by atoms with Crippen molar-refractivity contribution in [2.45, 2.75) is 20.0 Å². The number of carbonyl (C=O) groups excluding carboxylic acids is 2. The van der Waals surface area contributed by atoms with Crippen molar-refractivity contribution >= 4 is 28.9 Å². The summed E-state index contributed by atoms with van der Waals surface area (Å²) in [6.45, 7) is 4.29. The van der Waals surface area contributed by atoms with E-state index in [-0.39, 0.29) is 17.2 Å². The summed E-state index contributed by atoms with van der Waals surface area (Å²) in [5.41, 5.74) is 2.33. The molecular weight excluding hydrogens is 438 g/mol. The van der Waals surface area contributed by atoms with Gasteiger partial charge in [-0.25, -0.2) is 0 Å². The van der Waals surface area contributed by atoms with Gasteiger partial charge in [-0.05, 0) is 55.8 Å². The minimum absolute atomic E-state index is 0.0937. The number of nitrogens with zero attached hydrogens (tertiary/aromatic N) is 2. The molecular formula is C25H23N3O6. The number of carbonyl (C=O) groups is 2. The number of benzene rings is 3. The van der Waals surface area contributed by atoms with E-state index in [2.05, 4.69) is 5.32 Å². The Labute approximate surface area is 196 Å². The first-order valence-electron chi connectivity index (χ1n) is 10.7. The molecule has 1 heterocycles. The van der Waals surface area contributed by atoms with Crippen LogP contribution in [0.4, 0.5) is 17.1 Å². The molecule has 9 heteroatoms. The van der Waals surface area contributed by atoms with E-state index in [1.54, 1.807) is 30.0 Å². The van der Waals surface area contributed by atoms with Gasteiger partial charge in [0.15, 0.2) is 6.10 Å². The Morgan fingerprint density at radius 3 is 2.62 bits per heavy atom. The molecule has 0 aliphatic carbocycles. The minimum Gasteiger partial charge on any atom is -0.492 e. The predicted molar refractivity (Wildman–Crippen MR) is 127 cm³/mol. The molecule has 0 aromatic heterocycles. The van der Waals surface area contributed by atoms with E-state index < -0.39 is 16.9 Å². The SMILES string of the molecule is Cc1cccc(OCCN2C(=O)C(C)Oc3cc(NC(=O)c4ccc([N+](=O)[O-])cc4)ccc32)c1. The largest absolute Gasteiger partial charge is 0.492 e. The van der Waals surface area contributed by atoms with Crippen molar-refractivity contribution in [1.29, 1.82) is 0 Å². The van der Waals surface area contributed by atoms with E-state index in [1.807, 2.05) is 31.2 Å². The Bertz CT molecular complexity index is 1240. The third-order valence-corrected chi connectivity index (χ3v) is 5.34. The lowest BCUT2D eigenvalue weighted by Gasteiger charge is -2.33. The van der Waals surface area contributed by atoms with Crippen molar-refractivity contribution in [2.24, 2.45) is 0 Å². The van der Waals surface area contributed by atoms with Gasteiger partial charge in [0.1, 0.15) is 18.1 Å². The minimum atomic E-state index is -0.688. The van der Waals surface area contributed by atoms with Gasteiger partial charge in [-0.1, -0.05) is 12.1 Å². The highest BCUT2D eigenvalue weighted by molar-refractivity contribution is 6.05. The maximum absolute atomic E-state index is 12.7. The number of fused-ring (bicyclic) bond motifs is 1. The number of rotatable bonds is 7. The smallest absolute Gasteiger partial charge is 0.269 e. The molecule has 2 amide bonds. The van der Waals surface area contributed by atoms with E-state index in [9.17, 15) is 19.7 Å². The third-order valence-electron chi connectivity index (χ3n) is 5.34. The first-order chi connectivity index (χ1) is 16.3. The van der Waals surface area contributed by atoms with Gasteiger partial charge in [0.2, 0.25) is 0 Å². The second-order valence-electron chi connectivity index (χ2n) is 7.86. The second kappa shape index (κ2) is 9.62. The van der Waals surface area contributed by atoms with Crippen LogP contribution in [0.2, 0.25) is 0 Å². The highest BCUT2D eigenvalue weighted by Gasteiger charge is 2.31. The summed E-state index contributed by atoms with van der Waals surface area (Å²) < 4.78 is 11.6. The Morgan fingerprint density at radius 1 is 1.15 bits per heavy atom. The molecule has 0 bridgehead atoms. The van der Waals surface area contributed by atoms with Gasteiger partial charge < -0.3 is 19.7 Å². The molecule has 0 saturated heterocycles. The summed E-state index contributed by atoms with van der Waals surface area (Å²) in [6.07, 6.45) is -0.688. The van der Waals surface area contributed by atoms with Gasteiger partial charge in [0, 0.05) is 29.4 Å². The molecule has 9 nitrogen and oxygen atoms in total. The lowest BCUT2D eigenvalue weighted by Crippen LogP contribution is -2.46. The van der Waals surface area contributed by atoms with E-state index in [1.165, 1.54) is 24.3 Å². The Balaban J connectivity index is 1.46. The molecule has 3 aromatic carbocycles. The van der Waals surface area contributed by atoms with Crippen molar-refractivity contribution < 1.29 is 24.0 Å². The molecule has 0 fully saturated rings. The fraction of sp³-hybridized carbons (Fsp3) is 0.200. The van der Waals surface area contributed by atoms with Crippen LogP contribution in [0.25, 0.3) is 0 Å². The number of ether oxygens (including phenoxy) is 2. The predicted octanol–water partition coefficient (Wildman–Crippen LogP) is 4.35. The molecule has 3 aromatic rings. The number of amides is 2. The molecule has 4 rings (SSSR count). The van der Waals surface area contributed by atoms with Crippen LogP contribution >= 0.6 is 0 Å². The molecule has 1 unspecified atom stereocenters. The van der Waals surface area contributed by atoms with Crippen LogP contribution in [0, 0.1) is 17.0 Å². The molecule has 0 saturated carbocycles. The quantitative estimate of drug-likeness (QED) is 0.414. The molecule has 34 heavy (non-hydrogen) atoms. The van der Waals surface area contributed by atoms with E-state index in [0.29, 0.717) is 30.3 Å². The number of hydrogen-bond donors (Lipinski definition) is 1. The van der Waals surface area contributed by atoms with Crippen LogP contribution in [0.5, 0.6) is 11.5 Å². The number of nitrogens with one attached hydrogen (secondary N) is 1. The van der Waals surface area contributed by atoms with Crippen LogP contribution in [-0.2, 0) is 4.79 Å². The van der Waals surface area contributed by atoms with Crippen LogP contribution in [0.1, 0.15) is 22.8 Å². The van der Waals surface area contributed by atoms with Gasteiger partial charge in [-0.3, -0.25) is 19.7 Å². The Hall–Kier alpha value is -4.40.